The molecule has 0 aromatic carbocycles. The molecule has 2 rings (SSSR count). The number of nitrogens with one attached hydrogen (secondary N) is 1. The van der Waals surface area contributed by atoms with E-state index in [0.29, 0.717) is 12.0 Å². The molecule has 2 heterocycles. The van der Waals surface area contributed by atoms with Crippen LogP contribution in [-0.4, -0.2) is 31.3 Å². The molecule has 88 valence electrons. The lowest BCUT2D eigenvalue weighted by molar-refractivity contribution is 0.107. The Labute approximate surface area is 96.0 Å². The van der Waals surface area contributed by atoms with E-state index in [2.05, 4.69) is 10.3 Å². The van der Waals surface area contributed by atoms with Crippen molar-refractivity contribution in [3.8, 4) is 5.88 Å². The molecule has 1 aromatic rings. The summed E-state index contributed by atoms with van der Waals surface area (Å²) in [5.41, 5.74) is 1.03. The van der Waals surface area contributed by atoms with Crippen molar-refractivity contribution in [3.05, 3.63) is 18.3 Å². The van der Waals surface area contributed by atoms with Gasteiger partial charge in [-0.25, -0.2) is 4.98 Å². The summed E-state index contributed by atoms with van der Waals surface area (Å²) < 4.78 is 10.5. The van der Waals surface area contributed by atoms with Crippen LogP contribution in [0.5, 0.6) is 5.88 Å². The van der Waals surface area contributed by atoms with E-state index in [4.69, 9.17) is 9.47 Å². The van der Waals surface area contributed by atoms with Crippen LogP contribution in [0.25, 0.3) is 0 Å². The Bertz CT molecular complexity index is 307. The van der Waals surface area contributed by atoms with E-state index in [-0.39, 0.29) is 0 Å². The van der Waals surface area contributed by atoms with Crippen molar-refractivity contribution < 1.29 is 9.47 Å². The maximum absolute atomic E-state index is 5.55. The molecule has 0 saturated carbocycles. The van der Waals surface area contributed by atoms with Crippen molar-refractivity contribution in [2.24, 2.45) is 0 Å². The van der Waals surface area contributed by atoms with E-state index in [9.17, 15) is 0 Å². The van der Waals surface area contributed by atoms with Crippen LogP contribution in [0.3, 0.4) is 0 Å². The predicted octanol–water partition coefficient (Wildman–Crippen LogP) is 2.07. The number of methoxy groups -OCH3 is 1. The molecule has 0 aliphatic carbocycles. The minimum atomic E-state index is 0.443. The Balaban J connectivity index is 1.71. The summed E-state index contributed by atoms with van der Waals surface area (Å²) in [4.78, 5) is 4.13. The third-order valence-corrected chi connectivity index (χ3v) is 2.76. The molecule has 1 aliphatic heterocycles. The van der Waals surface area contributed by atoms with Crippen LogP contribution in [-0.2, 0) is 4.74 Å². The quantitative estimate of drug-likeness (QED) is 0.828. The van der Waals surface area contributed by atoms with E-state index >= 15 is 0 Å². The van der Waals surface area contributed by atoms with E-state index in [0.717, 1.165) is 25.3 Å². The first-order chi connectivity index (χ1) is 7.88. The van der Waals surface area contributed by atoms with Crippen molar-refractivity contribution in [3.63, 3.8) is 0 Å². The number of hydrogen-bond donors (Lipinski definition) is 1. The van der Waals surface area contributed by atoms with E-state index < -0.39 is 0 Å². The molecule has 16 heavy (non-hydrogen) atoms. The SMILES string of the molecule is COc1ccc(NCCC2CCCO2)cn1. The van der Waals surface area contributed by atoms with Gasteiger partial charge in [-0.3, -0.25) is 0 Å². The highest BCUT2D eigenvalue weighted by atomic mass is 16.5. The second-order valence-corrected chi connectivity index (χ2v) is 3.94. The Morgan fingerprint density at radius 3 is 3.12 bits per heavy atom. The summed E-state index contributed by atoms with van der Waals surface area (Å²) in [5, 5.41) is 3.32. The summed E-state index contributed by atoms with van der Waals surface area (Å²) in [7, 11) is 1.62. The fourth-order valence-electron chi connectivity index (χ4n) is 1.86. The van der Waals surface area contributed by atoms with Gasteiger partial charge in [0.2, 0.25) is 5.88 Å². The minimum absolute atomic E-state index is 0.443. The molecule has 1 aromatic heterocycles. The van der Waals surface area contributed by atoms with Crippen LogP contribution in [0, 0.1) is 0 Å². The molecule has 1 N–H and O–H groups in total. The summed E-state index contributed by atoms with van der Waals surface area (Å²) >= 11 is 0. The average molecular weight is 222 g/mol. The normalized spacial score (nSPS) is 19.7. The molecular formula is C12H18N2O2. The van der Waals surface area contributed by atoms with Gasteiger partial charge in [0.1, 0.15) is 0 Å². The third-order valence-electron chi connectivity index (χ3n) is 2.76. The van der Waals surface area contributed by atoms with Gasteiger partial charge in [-0.05, 0) is 25.3 Å². The molecule has 1 unspecified atom stereocenters. The van der Waals surface area contributed by atoms with Gasteiger partial charge in [-0.2, -0.15) is 0 Å². The van der Waals surface area contributed by atoms with E-state index in [1.165, 1.54) is 12.8 Å². The van der Waals surface area contributed by atoms with Crippen LogP contribution >= 0.6 is 0 Å². The van der Waals surface area contributed by atoms with Crippen molar-refractivity contribution in [1.82, 2.24) is 4.98 Å². The number of nitrogens with zero attached hydrogens (tertiary/aromatic N) is 1. The zero-order chi connectivity index (χ0) is 11.2. The third kappa shape index (κ3) is 3.10. The molecule has 0 amide bonds. The molecule has 1 atom stereocenters. The van der Waals surface area contributed by atoms with E-state index in [1.54, 1.807) is 13.3 Å². The average Bonchev–Trinajstić information content (AvgIpc) is 2.83. The zero-order valence-corrected chi connectivity index (χ0v) is 9.61. The lowest BCUT2D eigenvalue weighted by Gasteiger charge is -2.10. The Hall–Kier alpha value is -1.29. The highest BCUT2D eigenvalue weighted by Gasteiger charge is 2.14. The second-order valence-electron chi connectivity index (χ2n) is 3.94. The Morgan fingerprint density at radius 1 is 1.56 bits per heavy atom. The van der Waals surface area contributed by atoms with Gasteiger partial charge < -0.3 is 14.8 Å². The fourth-order valence-corrected chi connectivity index (χ4v) is 1.86. The van der Waals surface area contributed by atoms with Gasteiger partial charge in [0.05, 0.1) is 25.1 Å². The number of anilines is 1. The molecule has 4 heteroatoms. The first kappa shape index (κ1) is 11.2. The topological polar surface area (TPSA) is 43.4 Å². The lowest BCUT2D eigenvalue weighted by atomic mass is 10.2. The second kappa shape index (κ2) is 5.70. The van der Waals surface area contributed by atoms with Gasteiger partial charge >= 0.3 is 0 Å². The van der Waals surface area contributed by atoms with Crippen molar-refractivity contribution in [2.75, 3.05) is 25.6 Å². The van der Waals surface area contributed by atoms with Crippen molar-refractivity contribution >= 4 is 5.69 Å². The van der Waals surface area contributed by atoms with E-state index in [1.807, 2.05) is 12.1 Å². The maximum Gasteiger partial charge on any atom is 0.213 e. The maximum atomic E-state index is 5.55. The number of rotatable bonds is 5. The minimum Gasteiger partial charge on any atom is -0.481 e. The summed E-state index contributed by atoms with van der Waals surface area (Å²) in [6.45, 7) is 1.85. The van der Waals surface area contributed by atoms with Crippen LogP contribution in [0.2, 0.25) is 0 Å². The van der Waals surface area contributed by atoms with Crippen LogP contribution in [0.1, 0.15) is 19.3 Å². The summed E-state index contributed by atoms with van der Waals surface area (Å²) in [5.74, 6) is 0.643. The van der Waals surface area contributed by atoms with Crippen molar-refractivity contribution in [2.45, 2.75) is 25.4 Å². The molecule has 0 radical (unpaired) electrons. The predicted molar refractivity (Wildman–Crippen MR) is 62.9 cm³/mol. The van der Waals surface area contributed by atoms with Gasteiger partial charge in [0.25, 0.3) is 0 Å². The first-order valence-corrected chi connectivity index (χ1v) is 5.74. The molecule has 1 saturated heterocycles. The zero-order valence-electron chi connectivity index (χ0n) is 9.61. The molecule has 0 spiro atoms. The highest BCUT2D eigenvalue weighted by molar-refractivity contribution is 5.41. The lowest BCUT2D eigenvalue weighted by Crippen LogP contribution is -2.12. The number of hydrogen-bond acceptors (Lipinski definition) is 4. The summed E-state index contributed by atoms with van der Waals surface area (Å²) in [6.07, 6.45) is 5.69. The number of ether oxygens (including phenoxy) is 2. The molecule has 1 aliphatic rings. The monoisotopic (exact) mass is 222 g/mol. The fraction of sp³-hybridized carbons (Fsp3) is 0.583. The smallest absolute Gasteiger partial charge is 0.213 e. The summed E-state index contributed by atoms with van der Waals surface area (Å²) in [6, 6.07) is 3.83. The van der Waals surface area contributed by atoms with Crippen LogP contribution < -0.4 is 10.1 Å². The number of pyridine rings is 1. The Kier molecular flexibility index (Phi) is 3.99. The standard InChI is InChI=1S/C12H18N2O2/c1-15-12-5-4-10(9-14-12)13-7-6-11-3-2-8-16-11/h4-5,9,11,13H,2-3,6-8H2,1H3. The molecule has 0 bridgehead atoms. The van der Waals surface area contributed by atoms with Gasteiger partial charge in [0.15, 0.2) is 0 Å². The largest absolute Gasteiger partial charge is 0.481 e. The molecule has 4 nitrogen and oxygen atoms in total. The van der Waals surface area contributed by atoms with Crippen LogP contribution in [0.4, 0.5) is 5.69 Å². The number of aromatic nitrogens is 1. The van der Waals surface area contributed by atoms with Crippen molar-refractivity contribution in [1.29, 1.82) is 0 Å². The Morgan fingerprint density at radius 2 is 2.50 bits per heavy atom. The van der Waals surface area contributed by atoms with Crippen LogP contribution in [0.15, 0.2) is 18.3 Å². The van der Waals surface area contributed by atoms with Gasteiger partial charge in [-0.1, -0.05) is 0 Å². The van der Waals surface area contributed by atoms with Gasteiger partial charge in [-0.15, -0.1) is 0 Å². The molecule has 1 fully saturated rings. The molecular weight excluding hydrogens is 204 g/mol. The first-order valence-electron chi connectivity index (χ1n) is 5.74. The van der Waals surface area contributed by atoms with Gasteiger partial charge in [0, 0.05) is 19.2 Å². The highest BCUT2D eigenvalue weighted by Crippen LogP contribution is 2.16.